The van der Waals surface area contributed by atoms with Crippen molar-refractivity contribution in [2.75, 3.05) is 13.2 Å². The Morgan fingerprint density at radius 2 is 2.03 bits per heavy atom. The predicted octanol–water partition coefficient (Wildman–Crippen LogP) is 5.65. The summed E-state index contributed by atoms with van der Waals surface area (Å²) in [6.45, 7) is 3.11. The van der Waals surface area contributed by atoms with Crippen molar-refractivity contribution in [2.24, 2.45) is 11.7 Å². The van der Waals surface area contributed by atoms with Crippen LogP contribution in [0.4, 0.5) is 9.18 Å². The summed E-state index contributed by atoms with van der Waals surface area (Å²) in [5.41, 5.74) is 9.28. The smallest absolute Gasteiger partial charge is 0.410 e. The number of rotatable bonds is 7. The van der Waals surface area contributed by atoms with Gasteiger partial charge >= 0.3 is 6.09 Å². The van der Waals surface area contributed by atoms with E-state index >= 15 is 0 Å². The van der Waals surface area contributed by atoms with Crippen molar-refractivity contribution in [3.8, 4) is 0 Å². The Bertz CT molecular complexity index is 826. The molecule has 1 amide bonds. The topological polar surface area (TPSA) is 55.6 Å². The van der Waals surface area contributed by atoms with Crippen LogP contribution in [-0.4, -0.2) is 29.7 Å². The monoisotopic (exact) mass is 412 g/mol. The highest BCUT2D eigenvalue weighted by molar-refractivity contribution is 5.70. The van der Waals surface area contributed by atoms with E-state index in [0.717, 1.165) is 31.2 Å². The summed E-state index contributed by atoms with van der Waals surface area (Å²) in [4.78, 5) is 14.8. The van der Waals surface area contributed by atoms with Crippen molar-refractivity contribution >= 4 is 6.09 Å². The van der Waals surface area contributed by atoms with Gasteiger partial charge in [-0.05, 0) is 61.3 Å². The molecule has 1 aromatic carbocycles. The van der Waals surface area contributed by atoms with Crippen molar-refractivity contribution in [1.29, 1.82) is 0 Å². The Morgan fingerprint density at radius 3 is 2.73 bits per heavy atom. The number of carbonyl (C=O) groups is 1. The average molecular weight is 413 g/mol. The third-order valence-corrected chi connectivity index (χ3v) is 6.70. The highest BCUT2D eigenvalue weighted by Crippen LogP contribution is 2.42. The number of nitrogens with two attached hydrogens (primary N) is 1. The van der Waals surface area contributed by atoms with E-state index < -0.39 is 0 Å². The van der Waals surface area contributed by atoms with Crippen LogP contribution in [0.5, 0.6) is 0 Å². The number of hydrogen-bond acceptors (Lipinski definition) is 3. The summed E-state index contributed by atoms with van der Waals surface area (Å²) in [7, 11) is 0. The van der Waals surface area contributed by atoms with E-state index in [1.54, 1.807) is 17.0 Å². The van der Waals surface area contributed by atoms with Crippen LogP contribution in [0.3, 0.4) is 0 Å². The van der Waals surface area contributed by atoms with Crippen molar-refractivity contribution in [3.05, 3.63) is 58.9 Å². The fraction of sp³-hybridized carbons (Fsp3) is 0.560. The molecular formula is C25H33FN2O2. The minimum atomic E-state index is -0.336. The lowest BCUT2D eigenvalue weighted by molar-refractivity contribution is 0.0817. The van der Waals surface area contributed by atoms with Crippen LogP contribution in [-0.2, 0) is 4.74 Å². The lowest BCUT2D eigenvalue weighted by atomic mass is 9.79. The molecule has 0 saturated heterocycles. The van der Waals surface area contributed by atoms with Gasteiger partial charge in [-0.25, -0.2) is 9.18 Å². The maximum absolute atomic E-state index is 13.6. The van der Waals surface area contributed by atoms with Gasteiger partial charge in [0, 0.05) is 6.54 Å². The fourth-order valence-electron chi connectivity index (χ4n) is 4.59. The van der Waals surface area contributed by atoms with Crippen molar-refractivity contribution in [2.45, 2.75) is 69.9 Å². The first-order chi connectivity index (χ1) is 14.5. The third-order valence-electron chi connectivity index (χ3n) is 6.70. The van der Waals surface area contributed by atoms with E-state index in [-0.39, 0.29) is 30.1 Å². The average Bonchev–Trinajstić information content (AvgIpc) is 3.49. The number of hydrogen-bond donors (Lipinski definition) is 1. The highest BCUT2D eigenvalue weighted by Gasteiger charge is 2.41. The summed E-state index contributed by atoms with van der Waals surface area (Å²) in [5, 5.41) is 0. The molecule has 2 N–H and O–H groups in total. The summed E-state index contributed by atoms with van der Waals surface area (Å²) in [6, 6.07) is 6.26. The molecule has 0 aromatic heterocycles. The van der Waals surface area contributed by atoms with Crippen LogP contribution >= 0.6 is 0 Å². The summed E-state index contributed by atoms with van der Waals surface area (Å²) in [6.07, 6.45) is 12.9. The lowest BCUT2D eigenvalue weighted by Crippen LogP contribution is -2.42. The van der Waals surface area contributed by atoms with Gasteiger partial charge in [0.15, 0.2) is 0 Å². The van der Waals surface area contributed by atoms with Gasteiger partial charge < -0.3 is 10.5 Å². The minimum absolute atomic E-state index is 0.234. The van der Waals surface area contributed by atoms with Gasteiger partial charge in [0.1, 0.15) is 12.4 Å². The molecule has 0 spiro atoms. The molecule has 1 unspecified atom stereocenters. The van der Waals surface area contributed by atoms with Crippen LogP contribution in [0.15, 0.2) is 47.6 Å². The number of amides is 1. The molecule has 1 heterocycles. The Morgan fingerprint density at radius 1 is 1.27 bits per heavy atom. The second-order valence-electron chi connectivity index (χ2n) is 9.19. The molecule has 1 fully saturated rings. The molecule has 162 valence electrons. The summed E-state index contributed by atoms with van der Waals surface area (Å²) >= 11 is 0. The molecule has 0 bridgehead atoms. The Labute approximate surface area is 179 Å². The van der Waals surface area contributed by atoms with E-state index in [1.807, 2.05) is 0 Å². The third kappa shape index (κ3) is 4.77. The number of allylic oxidation sites excluding steroid dienone is 1. The zero-order valence-corrected chi connectivity index (χ0v) is 17.9. The summed E-state index contributed by atoms with van der Waals surface area (Å²) < 4.78 is 19.1. The number of unbranched alkanes of at least 4 members (excludes halogenated alkanes) is 2. The Balaban J connectivity index is 1.54. The summed E-state index contributed by atoms with van der Waals surface area (Å²) in [5.74, 6) is 0.307. The number of nitrogens with zero attached hydrogens (tertiary/aromatic N) is 1. The van der Waals surface area contributed by atoms with Gasteiger partial charge in [0.05, 0.1) is 11.6 Å². The second-order valence-corrected chi connectivity index (χ2v) is 9.19. The quantitative estimate of drug-likeness (QED) is 0.589. The maximum Gasteiger partial charge on any atom is 0.410 e. The zero-order valence-electron chi connectivity index (χ0n) is 17.9. The van der Waals surface area contributed by atoms with Gasteiger partial charge in [-0.1, -0.05) is 56.0 Å². The van der Waals surface area contributed by atoms with Gasteiger partial charge in [0.25, 0.3) is 0 Å². The van der Waals surface area contributed by atoms with Gasteiger partial charge in [0.2, 0.25) is 0 Å². The first kappa shape index (κ1) is 21.1. The van der Waals surface area contributed by atoms with Crippen LogP contribution < -0.4 is 5.73 Å². The molecule has 30 heavy (non-hydrogen) atoms. The molecule has 1 aromatic rings. The normalized spacial score (nSPS) is 24.6. The molecule has 3 aliphatic rings. The Hall–Kier alpha value is -2.14. The number of benzene rings is 1. The molecule has 2 atom stereocenters. The van der Waals surface area contributed by atoms with Crippen molar-refractivity contribution in [1.82, 2.24) is 4.90 Å². The molecule has 4 rings (SSSR count). The van der Waals surface area contributed by atoms with E-state index in [4.69, 9.17) is 10.5 Å². The second kappa shape index (κ2) is 8.93. The molecule has 0 radical (unpaired) electrons. The largest absolute Gasteiger partial charge is 0.447 e. The molecular weight excluding hydrogens is 379 g/mol. The van der Waals surface area contributed by atoms with E-state index in [1.165, 1.54) is 49.0 Å². The van der Waals surface area contributed by atoms with Crippen molar-refractivity contribution < 1.29 is 13.9 Å². The van der Waals surface area contributed by atoms with Crippen LogP contribution in [0.1, 0.15) is 69.9 Å². The van der Waals surface area contributed by atoms with Gasteiger partial charge in [-0.3, -0.25) is 4.90 Å². The lowest BCUT2D eigenvalue weighted by Gasteiger charge is -2.40. The Kier molecular flexibility index (Phi) is 6.28. The van der Waals surface area contributed by atoms with E-state index in [2.05, 4.69) is 19.1 Å². The van der Waals surface area contributed by atoms with Crippen LogP contribution in [0, 0.1) is 11.7 Å². The highest BCUT2D eigenvalue weighted by atomic mass is 19.1. The van der Waals surface area contributed by atoms with Crippen molar-refractivity contribution in [3.63, 3.8) is 0 Å². The number of carbonyl (C=O) groups excluding carboxylic acids is 1. The zero-order chi connectivity index (χ0) is 21.1. The van der Waals surface area contributed by atoms with Gasteiger partial charge in [-0.15, -0.1) is 0 Å². The SMILES string of the molecule is CCCCCC1C=CC2=C(CCN(C(=O)OCC3(N)CC3)[C@H]2c2ccc(F)cc2)C1. The van der Waals surface area contributed by atoms with Crippen LogP contribution in [0.25, 0.3) is 0 Å². The first-order valence-electron chi connectivity index (χ1n) is 11.4. The van der Waals surface area contributed by atoms with E-state index in [9.17, 15) is 9.18 Å². The molecule has 2 aliphatic carbocycles. The maximum atomic E-state index is 13.6. The predicted molar refractivity (Wildman–Crippen MR) is 116 cm³/mol. The minimum Gasteiger partial charge on any atom is -0.447 e. The standard InChI is InChI=1S/C25H33FN2O2/c1-2-3-4-5-18-6-11-22-20(16-18)12-15-28(24(29)30-17-25(27)13-14-25)23(22)19-7-9-21(26)10-8-19/h6-11,18,23H,2-5,12-17,27H2,1H3/t18?,23-/m0/s1. The fourth-order valence-corrected chi connectivity index (χ4v) is 4.59. The molecule has 4 nitrogen and oxygen atoms in total. The molecule has 1 aliphatic heterocycles. The van der Waals surface area contributed by atoms with Crippen LogP contribution in [0.2, 0.25) is 0 Å². The first-order valence-corrected chi connectivity index (χ1v) is 11.4. The number of halogens is 1. The molecule has 1 saturated carbocycles. The van der Waals surface area contributed by atoms with Gasteiger partial charge in [-0.2, -0.15) is 0 Å². The number of ether oxygens (including phenoxy) is 1. The molecule has 5 heteroatoms. The van der Waals surface area contributed by atoms with E-state index in [0.29, 0.717) is 12.5 Å².